The van der Waals surface area contributed by atoms with Crippen molar-refractivity contribution in [2.75, 3.05) is 0 Å². The molecule has 0 radical (unpaired) electrons. The van der Waals surface area contributed by atoms with Gasteiger partial charge in [-0.1, -0.05) is 60.7 Å². The Morgan fingerprint density at radius 3 is 1.93 bits per heavy atom. The topological polar surface area (TPSA) is 0 Å². The Labute approximate surface area is 92.9 Å². The van der Waals surface area contributed by atoms with Gasteiger partial charge in [0.1, 0.15) is 0 Å². The first-order valence-corrected chi connectivity index (χ1v) is 5.51. The van der Waals surface area contributed by atoms with E-state index in [0.29, 0.717) is 0 Å². The summed E-state index contributed by atoms with van der Waals surface area (Å²) in [5, 5.41) is 1.21. The SMILES string of the molecule is P/C(=C/c1ccccc1)c1ccccc1. The highest BCUT2D eigenvalue weighted by molar-refractivity contribution is 7.32. The summed E-state index contributed by atoms with van der Waals surface area (Å²) < 4.78 is 0. The summed E-state index contributed by atoms with van der Waals surface area (Å²) >= 11 is 0. The predicted molar refractivity (Wildman–Crippen MR) is 70.5 cm³/mol. The summed E-state index contributed by atoms with van der Waals surface area (Å²) in [7, 11) is 2.78. The van der Waals surface area contributed by atoms with Gasteiger partial charge >= 0.3 is 0 Å². The fourth-order valence-corrected chi connectivity index (χ4v) is 1.83. The van der Waals surface area contributed by atoms with E-state index >= 15 is 0 Å². The van der Waals surface area contributed by atoms with E-state index in [0.717, 1.165) is 0 Å². The Morgan fingerprint density at radius 1 is 0.800 bits per heavy atom. The van der Waals surface area contributed by atoms with Gasteiger partial charge in [-0.2, -0.15) is 0 Å². The molecule has 0 aliphatic rings. The molecule has 2 aromatic carbocycles. The summed E-state index contributed by atoms with van der Waals surface area (Å²) in [6.45, 7) is 0. The van der Waals surface area contributed by atoms with Crippen molar-refractivity contribution >= 4 is 20.6 Å². The van der Waals surface area contributed by atoms with E-state index in [1.165, 1.54) is 16.4 Å². The summed E-state index contributed by atoms with van der Waals surface area (Å²) in [4.78, 5) is 0. The van der Waals surface area contributed by atoms with Gasteiger partial charge in [0.25, 0.3) is 0 Å². The van der Waals surface area contributed by atoms with Gasteiger partial charge in [-0.05, 0) is 22.5 Å². The van der Waals surface area contributed by atoms with Gasteiger partial charge in [0, 0.05) is 0 Å². The zero-order valence-corrected chi connectivity index (χ0v) is 9.58. The van der Waals surface area contributed by atoms with Gasteiger partial charge < -0.3 is 0 Å². The molecule has 0 aliphatic carbocycles. The smallest absolute Gasteiger partial charge is 0.0185 e. The number of hydrogen-bond donors (Lipinski definition) is 0. The van der Waals surface area contributed by atoms with Crippen LogP contribution in [-0.2, 0) is 0 Å². The van der Waals surface area contributed by atoms with Crippen molar-refractivity contribution in [2.24, 2.45) is 0 Å². The average Bonchev–Trinajstić information content (AvgIpc) is 2.31. The summed E-state index contributed by atoms with van der Waals surface area (Å²) in [6.07, 6.45) is 2.17. The molecule has 0 saturated heterocycles. The molecule has 0 spiro atoms. The fourth-order valence-electron chi connectivity index (χ4n) is 1.44. The highest BCUT2D eigenvalue weighted by Gasteiger charge is 1.93. The second kappa shape index (κ2) is 4.91. The maximum Gasteiger partial charge on any atom is -0.0185 e. The van der Waals surface area contributed by atoms with E-state index in [2.05, 4.69) is 63.8 Å². The Hall–Kier alpha value is -1.39. The normalized spacial score (nSPS) is 11.4. The maximum atomic E-state index is 2.78. The molecule has 15 heavy (non-hydrogen) atoms. The van der Waals surface area contributed by atoms with Crippen LogP contribution in [0.15, 0.2) is 60.7 Å². The monoisotopic (exact) mass is 212 g/mol. The summed E-state index contributed by atoms with van der Waals surface area (Å²) in [5.41, 5.74) is 2.47. The number of benzene rings is 2. The Kier molecular flexibility index (Phi) is 3.32. The van der Waals surface area contributed by atoms with E-state index in [9.17, 15) is 0 Å². The molecule has 0 aromatic heterocycles. The third-order valence-electron chi connectivity index (χ3n) is 2.23. The third kappa shape index (κ3) is 2.78. The Bertz CT molecular complexity index is 443. The first kappa shape index (κ1) is 10.1. The van der Waals surface area contributed by atoms with Crippen LogP contribution in [0.5, 0.6) is 0 Å². The van der Waals surface area contributed by atoms with Crippen LogP contribution in [0.1, 0.15) is 11.1 Å². The molecule has 0 amide bonds. The quantitative estimate of drug-likeness (QED) is 0.520. The van der Waals surface area contributed by atoms with Crippen molar-refractivity contribution in [3.63, 3.8) is 0 Å². The molecule has 1 atom stereocenters. The van der Waals surface area contributed by atoms with Crippen molar-refractivity contribution < 1.29 is 0 Å². The van der Waals surface area contributed by atoms with Crippen molar-refractivity contribution in [1.29, 1.82) is 0 Å². The molecule has 2 aromatic rings. The van der Waals surface area contributed by atoms with Gasteiger partial charge in [-0.15, -0.1) is 9.24 Å². The molecule has 0 saturated carbocycles. The van der Waals surface area contributed by atoms with Crippen LogP contribution in [0, 0.1) is 0 Å². The highest BCUT2D eigenvalue weighted by Crippen LogP contribution is 2.23. The second-order valence-electron chi connectivity index (χ2n) is 3.38. The molecule has 0 N–H and O–H groups in total. The average molecular weight is 212 g/mol. The van der Waals surface area contributed by atoms with E-state index in [1.54, 1.807) is 0 Å². The zero-order valence-electron chi connectivity index (χ0n) is 8.43. The minimum absolute atomic E-state index is 1.21. The van der Waals surface area contributed by atoms with Crippen molar-refractivity contribution in [2.45, 2.75) is 0 Å². The second-order valence-corrected chi connectivity index (χ2v) is 4.00. The van der Waals surface area contributed by atoms with Crippen molar-refractivity contribution in [3.8, 4) is 0 Å². The molecular weight excluding hydrogens is 199 g/mol. The van der Waals surface area contributed by atoms with Crippen LogP contribution < -0.4 is 0 Å². The van der Waals surface area contributed by atoms with E-state index in [1.807, 2.05) is 12.1 Å². The summed E-state index contributed by atoms with van der Waals surface area (Å²) in [6, 6.07) is 20.7. The standard InChI is InChI=1S/C14H13P/c15-14(13-9-5-2-6-10-13)11-12-7-3-1-4-8-12/h1-11H,15H2/b14-11+. The van der Waals surface area contributed by atoms with Crippen LogP contribution in [-0.4, -0.2) is 0 Å². The minimum Gasteiger partial charge on any atom is -0.105 e. The maximum absolute atomic E-state index is 2.78. The van der Waals surface area contributed by atoms with Gasteiger partial charge in [-0.25, -0.2) is 0 Å². The molecule has 1 unspecified atom stereocenters. The van der Waals surface area contributed by atoms with Gasteiger partial charge in [-0.3, -0.25) is 0 Å². The molecule has 0 bridgehead atoms. The van der Waals surface area contributed by atoms with Crippen LogP contribution >= 0.6 is 9.24 Å². The predicted octanol–water partition coefficient (Wildman–Crippen LogP) is 4.06. The molecule has 2 rings (SSSR count). The first-order valence-electron chi connectivity index (χ1n) is 4.94. The lowest BCUT2D eigenvalue weighted by atomic mass is 10.1. The zero-order chi connectivity index (χ0) is 10.5. The Balaban J connectivity index is 2.29. The van der Waals surface area contributed by atoms with E-state index < -0.39 is 0 Å². The van der Waals surface area contributed by atoms with Crippen molar-refractivity contribution in [1.82, 2.24) is 0 Å². The van der Waals surface area contributed by atoms with Gasteiger partial charge in [0.05, 0.1) is 0 Å². The van der Waals surface area contributed by atoms with Crippen LogP contribution in [0.25, 0.3) is 11.4 Å². The molecule has 0 heterocycles. The fraction of sp³-hybridized carbons (Fsp3) is 0. The van der Waals surface area contributed by atoms with Gasteiger partial charge in [0.15, 0.2) is 0 Å². The molecule has 0 nitrogen and oxygen atoms in total. The molecule has 0 aliphatic heterocycles. The number of rotatable bonds is 2. The lowest BCUT2D eigenvalue weighted by Crippen LogP contribution is -1.75. The highest BCUT2D eigenvalue weighted by atomic mass is 31.0. The van der Waals surface area contributed by atoms with E-state index in [4.69, 9.17) is 0 Å². The molecule has 0 fully saturated rings. The van der Waals surface area contributed by atoms with Crippen molar-refractivity contribution in [3.05, 3.63) is 71.8 Å². The molecule has 74 valence electrons. The van der Waals surface area contributed by atoms with Gasteiger partial charge in [0.2, 0.25) is 0 Å². The van der Waals surface area contributed by atoms with Crippen LogP contribution in [0.4, 0.5) is 0 Å². The molecule has 1 heteroatoms. The van der Waals surface area contributed by atoms with Crippen LogP contribution in [0.2, 0.25) is 0 Å². The van der Waals surface area contributed by atoms with Crippen LogP contribution in [0.3, 0.4) is 0 Å². The van der Waals surface area contributed by atoms with E-state index in [-0.39, 0.29) is 0 Å². The summed E-state index contributed by atoms with van der Waals surface area (Å²) in [5.74, 6) is 0. The first-order chi connectivity index (χ1) is 7.36. The number of hydrogen-bond acceptors (Lipinski definition) is 0. The minimum atomic E-state index is 1.21. The third-order valence-corrected chi connectivity index (χ3v) is 2.73. The Morgan fingerprint density at radius 2 is 1.33 bits per heavy atom. The largest absolute Gasteiger partial charge is 0.105 e. The molecular formula is C14H13P. The lowest BCUT2D eigenvalue weighted by molar-refractivity contribution is 1.64. The lowest BCUT2D eigenvalue weighted by Gasteiger charge is -2.00.